The summed E-state index contributed by atoms with van der Waals surface area (Å²) in [5.41, 5.74) is 3.72. The topological polar surface area (TPSA) is 73.1 Å². The van der Waals surface area contributed by atoms with Crippen molar-refractivity contribution in [2.75, 3.05) is 7.11 Å². The molecule has 8 heteroatoms. The number of furan rings is 1. The maximum absolute atomic E-state index is 12.3. The average molecular weight is 480 g/mol. The Morgan fingerprint density at radius 1 is 1.34 bits per heavy atom. The van der Waals surface area contributed by atoms with Crippen LogP contribution < -0.4 is 14.9 Å². The van der Waals surface area contributed by atoms with Gasteiger partial charge in [0.05, 0.1) is 24.5 Å². The van der Waals surface area contributed by atoms with Crippen LogP contribution in [0.3, 0.4) is 0 Å². The summed E-state index contributed by atoms with van der Waals surface area (Å²) in [7, 11) is 1.54. The van der Waals surface area contributed by atoms with Gasteiger partial charge in [0.15, 0.2) is 17.3 Å². The molecule has 3 aromatic rings. The van der Waals surface area contributed by atoms with Crippen molar-refractivity contribution in [2.45, 2.75) is 26.4 Å². The highest BCUT2D eigenvalue weighted by atomic mass is 79.9. The van der Waals surface area contributed by atoms with Crippen molar-refractivity contribution in [1.82, 2.24) is 5.43 Å². The quantitative estimate of drug-likeness (QED) is 0.343. The highest BCUT2D eigenvalue weighted by Crippen LogP contribution is 2.37. The maximum atomic E-state index is 12.3. The number of fused-ring (bicyclic) bond motifs is 1. The average Bonchev–Trinajstić information content (AvgIpc) is 3.12. The van der Waals surface area contributed by atoms with Crippen molar-refractivity contribution >= 4 is 50.6 Å². The van der Waals surface area contributed by atoms with Gasteiger partial charge in [0.25, 0.3) is 0 Å². The number of carbonyl (C=O) groups excluding carboxylic acids is 1. The lowest BCUT2D eigenvalue weighted by Crippen LogP contribution is -2.16. The summed E-state index contributed by atoms with van der Waals surface area (Å²) in [6, 6.07) is 10.6. The monoisotopic (exact) mass is 478 g/mol. The third-order valence-electron chi connectivity index (χ3n) is 4.23. The van der Waals surface area contributed by atoms with E-state index in [2.05, 4.69) is 26.5 Å². The van der Waals surface area contributed by atoms with Crippen molar-refractivity contribution in [1.29, 1.82) is 0 Å². The molecule has 6 nitrogen and oxygen atoms in total. The third kappa shape index (κ3) is 5.10. The summed E-state index contributed by atoms with van der Waals surface area (Å²) in [5.74, 6) is 0.693. The van der Waals surface area contributed by atoms with Crippen LogP contribution in [0.4, 0.5) is 0 Å². The van der Waals surface area contributed by atoms with Crippen LogP contribution in [0.1, 0.15) is 36.4 Å². The summed E-state index contributed by atoms with van der Waals surface area (Å²) in [4.78, 5) is 12.3. The van der Waals surface area contributed by atoms with Gasteiger partial charge in [-0.1, -0.05) is 34.5 Å². The standard InChI is InChI=1S/C21H20BrClN2O4/c1-4-12(2)28-20-16(23)7-13(8-18(20)27-3)11-24-25-21(26)19-10-14-9-15(22)5-6-17(14)29-19/h5-12H,4H2,1-3H3,(H,25,26)/b24-11+/t12-/m1/s1. The van der Waals surface area contributed by atoms with Crippen LogP contribution in [0.25, 0.3) is 11.0 Å². The molecule has 29 heavy (non-hydrogen) atoms. The zero-order chi connectivity index (χ0) is 21.0. The summed E-state index contributed by atoms with van der Waals surface area (Å²) < 4.78 is 17.6. The smallest absolute Gasteiger partial charge is 0.307 e. The summed E-state index contributed by atoms with van der Waals surface area (Å²) in [6.45, 7) is 3.98. The molecule has 3 rings (SSSR count). The number of rotatable bonds is 7. The first-order valence-electron chi connectivity index (χ1n) is 8.98. The molecule has 1 atom stereocenters. The molecule has 0 aliphatic heterocycles. The van der Waals surface area contributed by atoms with E-state index >= 15 is 0 Å². The molecule has 2 aromatic carbocycles. The molecule has 1 aromatic heterocycles. The van der Waals surface area contributed by atoms with Crippen LogP contribution in [0.2, 0.25) is 5.02 Å². The van der Waals surface area contributed by atoms with E-state index in [1.54, 1.807) is 24.3 Å². The number of benzene rings is 2. The van der Waals surface area contributed by atoms with Crippen molar-refractivity contribution < 1.29 is 18.7 Å². The molecule has 0 unspecified atom stereocenters. The van der Waals surface area contributed by atoms with E-state index < -0.39 is 5.91 Å². The number of hydrogen-bond donors (Lipinski definition) is 1. The van der Waals surface area contributed by atoms with E-state index in [4.69, 9.17) is 25.5 Å². The number of amides is 1. The zero-order valence-corrected chi connectivity index (χ0v) is 18.5. The van der Waals surface area contributed by atoms with E-state index in [1.807, 2.05) is 26.0 Å². The first-order chi connectivity index (χ1) is 13.9. The molecular weight excluding hydrogens is 460 g/mol. The maximum Gasteiger partial charge on any atom is 0.307 e. The van der Waals surface area contributed by atoms with E-state index in [9.17, 15) is 4.79 Å². The number of methoxy groups -OCH3 is 1. The fraction of sp³-hybridized carbons (Fsp3) is 0.238. The lowest BCUT2D eigenvalue weighted by molar-refractivity contribution is 0.0929. The zero-order valence-electron chi connectivity index (χ0n) is 16.2. The molecule has 0 fully saturated rings. The van der Waals surface area contributed by atoms with E-state index in [0.29, 0.717) is 27.7 Å². The fourth-order valence-corrected chi connectivity index (χ4v) is 3.20. The van der Waals surface area contributed by atoms with Crippen molar-refractivity contribution in [3.05, 3.63) is 57.2 Å². The van der Waals surface area contributed by atoms with Crippen LogP contribution >= 0.6 is 27.5 Å². The van der Waals surface area contributed by atoms with Crippen molar-refractivity contribution in [2.24, 2.45) is 5.10 Å². The van der Waals surface area contributed by atoms with Crippen LogP contribution in [-0.4, -0.2) is 25.3 Å². The molecule has 0 aliphatic carbocycles. The molecule has 0 spiro atoms. The van der Waals surface area contributed by atoms with Gasteiger partial charge in [-0.15, -0.1) is 0 Å². The number of hydrazone groups is 1. The Morgan fingerprint density at radius 3 is 2.86 bits per heavy atom. The Hall–Kier alpha value is -2.51. The molecule has 0 bridgehead atoms. The fourth-order valence-electron chi connectivity index (χ4n) is 2.56. The predicted molar refractivity (Wildman–Crippen MR) is 117 cm³/mol. The van der Waals surface area contributed by atoms with Crippen LogP contribution in [0, 0.1) is 0 Å². The van der Waals surface area contributed by atoms with Gasteiger partial charge in [0.2, 0.25) is 0 Å². The molecule has 0 saturated carbocycles. The second-order valence-electron chi connectivity index (χ2n) is 6.36. The van der Waals surface area contributed by atoms with E-state index in [-0.39, 0.29) is 11.9 Å². The minimum absolute atomic E-state index is 0.00429. The molecule has 0 saturated heterocycles. The number of halogens is 2. The predicted octanol–water partition coefficient (Wildman–Crippen LogP) is 5.80. The molecule has 1 N–H and O–H groups in total. The summed E-state index contributed by atoms with van der Waals surface area (Å²) in [6.07, 6.45) is 2.32. The lowest BCUT2D eigenvalue weighted by Gasteiger charge is -2.17. The minimum atomic E-state index is -0.455. The van der Waals surface area contributed by atoms with Gasteiger partial charge in [0.1, 0.15) is 5.58 Å². The molecule has 0 radical (unpaired) electrons. The minimum Gasteiger partial charge on any atom is -0.493 e. The van der Waals surface area contributed by atoms with Crippen LogP contribution in [0.15, 0.2) is 50.4 Å². The van der Waals surface area contributed by atoms with Gasteiger partial charge in [-0.25, -0.2) is 5.43 Å². The highest BCUT2D eigenvalue weighted by molar-refractivity contribution is 9.10. The Morgan fingerprint density at radius 2 is 2.14 bits per heavy atom. The van der Waals surface area contributed by atoms with Crippen LogP contribution in [0.5, 0.6) is 11.5 Å². The van der Waals surface area contributed by atoms with Crippen LogP contribution in [-0.2, 0) is 0 Å². The van der Waals surface area contributed by atoms with E-state index in [1.165, 1.54) is 13.3 Å². The number of carbonyl (C=O) groups is 1. The van der Waals surface area contributed by atoms with Gasteiger partial charge in [-0.3, -0.25) is 4.79 Å². The van der Waals surface area contributed by atoms with Gasteiger partial charge in [-0.2, -0.15) is 5.10 Å². The molecule has 0 aliphatic rings. The second kappa shape index (κ2) is 9.33. The number of nitrogens with one attached hydrogen (secondary N) is 1. The molecular formula is C21H20BrClN2O4. The first kappa shape index (κ1) is 21.2. The largest absolute Gasteiger partial charge is 0.493 e. The van der Waals surface area contributed by atoms with Gasteiger partial charge in [0, 0.05) is 9.86 Å². The molecule has 1 heterocycles. The van der Waals surface area contributed by atoms with E-state index in [0.717, 1.165) is 16.3 Å². The first-order valence-corrected chi connectivity index (χ1v) is 10.1. The number of hydrogen-bond acceptors (Lipinski definition) is 5. The van der Waals surface area contributed by atoms with Crippen molar-refractivity contribution in [3.8, 4) is 11.5 Å². The lowest BCUT2D eigenvalue weighted by atomic mass is 10.2. The number of ether oxygens (including phenoxy) is 2. The molecule has 152 valence electrons. The summed E-state index contributed by atoms with van der Waals surface area (Å²) in [5, 5.41) is 5.20. The number of nitrogens with zero attached hydrogens (tertiary/aromatic N) is 1. The normalized spacial score (nSPS) is 12.3. The Bertz CT molecular complexity index is 1060. The Kier molecular flexibility index (Phi) is 6.82. The van der Waals surface area contributed by atoms with Crippen molar-refractivity contribution in [3.63, 3.8) is 0 Å². The summed E-state index contributed by atoms with van der Waals surface area (Å²) >= 11 is 9.73. The Balaban J connectivity index is 1.73. The third-order valence-corrected chi connectivity index (χ3v) is 5.00. The van der Waals surface area contributed by atoms with Gasteiger partial charge < -0.3 is 13.9 Å². The highest BCUT2D eigenvalue weighted by Gasteiger charge is 2.15. The second-order valence-corrected chi connectivity index (χ2v) is 7.69. The molecule has 1 amide bonds. The Labute approximate surface area is 181 Å². The van der Waals surface area contributed by atoms with Gasteiger partial charge in [-0.05, 0) is 55.3 Å². The SMILES string of the molecule is CC[C@@H](C)Oc1c(Cl)cc(/C=N/NC(=O)c2cc3cc(Br)ccc3o2)cc1OC. The van der Waals surface area contributed by atoms with Gasteiger partial charge >= 0.3 is 5.91 Å².